The van der Waals surface area contributed by atoms with Gasteiger partial charge in [-0.1, -0.05) is 39.0 Å². The molecule has 2 amide bonds. The Bertz CT molecular complexity index is 1780. The highest BCUT2D eigenvalue weighted by Gasteiger charge is 2.57. The minimum atomic E-state index is -3.36. The first-order valence-electron chi connectivity index (χ1n) is 18.9. The number of benzene rings is 2. The fourth-order valence-electron chi connectivity index (χ4n) is 9.20. The molecule has 3 aliphatic carbocycles. The maximum atomic E-state index is 14.2. The predicted octanol–water partition coefficient (Wildman–Crippen LogP) is 2.79. The smallest absolute Gasteiger partial charge is 0.251 e. The summed E-state index contributed by atoms with van der Waals surface area (Å²) in [6, 6.07) is 9.60. The highest BCUT2D eigenvalue weighted by Crippen LogP contribution is 2.61. The number of anilines is 1. The normalized spacial score (nSPS) is 27.5. The highest BCUT2D eigenvalue weighted by atomic mass is 32.2. The van der Waals surface area contributed by atoms with Crippen molar-refractivity contribution in [2.75, 3.05) is 65.4 Å². The van der Waals surface area contributed by atoms with Crippen LogP contribution < -0.4 is 20.3 Å². The number of carbonyl (C=O) groups excluding carboxylic acids is 2. The van der Waals surface area contributed by atoms with Gasteiger partial charge in [-0.3, -0.25) is 14.4 Å². The summed E-state index contributed by atoms with van der Waals surface area (Å²) < 4.78 is 30.4. The van der Waals surface area contributed by atoms with E-state index >= 15 is 0 Å². The number of ether oxygens (including phenoxy) is 1. The number of hydrogen-bond acceptors (Lipinski definition) is 11. The molecular weight excluding hydrogens is 711 g/mol. The number of aliphatic hydroxyl groups is 2. The molecule has 0 spiro atoms. The van der Waals surface area contributed by atoms with E-state index < -0.39 is 46.0 Å². The van der Waals surface area contributed by atoms with Gasteiger partial charge in [0.15, 0.2) is 0 Å². The molecule has 300 valence electrons. The molecule has 13 nitrogen and oxygen atoms in total. The van der Waals surface area contributed by atoms with Gasteiger partial charge in [0, 0.05) is 61.2 Å². The topological polar surface area (TPSA) is 161 Å². The Hall–Kier alpha value is -3.27. The summed E-state index contributed by atoms with van der Waals surface area (Å²) >= 11 is 0. The van der Waals surface area contributed by atoms with Crippen molar-refractivity contribution in [1.82, 2.24) is 20.6 Å². The second kappa shape index (κ2) is 16.4. The van der Waals surface area contributed by atoms with Gasteiger partial charge in [-0.05, 0) is 80.8 Å². The van der Waals surface area contributed by atoms with Crippen LogP contribution in [0.2, 0.25) is 0 Å². The standard InChI is InChI=1S/C40H61N5O8S/c1-23-32-17-28(40(32,3)4)18-33(23)42-39(49)36-35(24(2)47)34(21-46)53-45(36)19-25-12-11-13-31(37(25)52-9)26-14-27(16-30(15-26)44(7)8)38(48)41-29(20-43(5)6)22-54(10,50)51/h11-16,23-24,28-29,32-36,46-47H,17-22H2,1-10H3,(H,41,48)(H,42,49)/t23-,24-,28+,29+,32-,33-,34-,35+,36-/m0/s1. The summed E-state index contributed by atoms with van der Waals surface area (Å²) in [6.45, 7) is 8.57. The maximum Gasteiger partial charge on any atom is 0.251 e. The Kier molecular flexibility index (Phi) is 12.8. The predicted molar refractivity (Wildman–Crippen MR) is 210 cm³/mol. The zero-order chi connectivity index (χ0) is 39.9. The van der Waals surface area contributed by atoms with Crippen molar-refractivity contribution in [3.8, 4) is 16.9 Å². The number of sulfone groups is 1. The number of para-hydroxylation sites is 1. The number of rotatable bonds is 15. The first-order valence-corrected chi connectivity index (χ1v) is 21.0. The van der Waals surface area contributed by atoms with Crippen molar-refractivity contribution >= 4 is 27.3 Å². The molecule has 1 aliphatic heterocycles. The maximum absolute atomic E-state index is 14.2. The van der Waals surface area contributed by atoms with Gasteiger partial charge in [-0.15, -0.1) is 0 Å². The third-order valence-electron chi connectivity index (χ3n) is 12.1. The number of carbonyl (C=O) groups is 2. The SMILES string of the molecule is COc1c(CN2O[C@@H](CO)[C@@H]([C@H](C)O)[C@H]2C(=O)N[C@H]2C[C@H]3C[C@@H]([C@@H]2C)C3(C)C)cccc1-c1cc(C(=O)N[C@H](CN(C)C)CS(C)(=O)=O)cc(N(C)C)c1. The molecule has 2 aromatic carbocycles. The molecule has 0 unspecified atom stereocenters. The Morgan fingerprint density at radius 2 is 1.83 bits per heavy atom. The Labute approximate surface area is 321 Å². The largest absolute Gasteiger partial charge is 0.496 e. The second-order valence-electron chi connectivity index (χ2n) is 16.9. The van der Waals surface area contributed by atoms with Gasteiger partial charge in [0.1, 0.15) is 27.7 Å². The summed E-state index contributed by atoms with van der Waals surface area (Å²) in [5, 5.41) is 29.1. The molecule has 4 N–H and O–H groups in total. The lowest BCUT2D eigenvalue weighted by Crippen LogP contribution is -2.62. The lowest BCUT2D eigenvalue weighted by molar-refractivity contribution is -0.183. The van der Waals surface area contributed by atoms with Crippen LogP contribution >= 0.6 is 0 Å². The number of nitrogens with zero attached hydrogens (tertiary/aromatic N) is 3. The van der Waals surface area contributed by atoms with E-state index in [0.717, 1.165) is 18.4 Å². The lowest BCUT2D eigenvalue weighted by Gasteiger charge is -2.62. The van der Waals surface area contributed by atoms with E-state index in [4.69, 9.17) is 9.57 Å². The molecule has 6 rings (SSSR count). The highest BCUT2D eigenvalue weighted by molar-refractivity contribution is 7.90. The molecular formula is C40H61N5O8S. The summed E-state index contributed by atoms with van der Waals surface area (Å²) in [4.78, 5) is 37.9. The van der Waals surface area contributed by atoms with Crippen LogP contribution in [0.3, 0.4) is 0 Å². The summed E-state index contributed by atoms with van der Waals surface area (Å²) in [6.07, 6.45) is 1.52. The molecule has 2 aromatic rings. The van der Waals surface area contributed by atoms with Crippen LogP contribution in [0, 0.1) is 29.1 Å². The minimum Gasteiger partial charge on any atom is -0.496 e. The van der Waals surface area contributed by atoms with E-state index in [2.05, 4.69) is 31.4 Å². The number of nitrogens with one attached hydrogen (secondary N) is 2. The van der Waals surface area contributed by atoms with Crippen molar-refractivity contribution in [2.24, 2.45) is 29.1 Å². The van der Waals surface area contributed by atoms with Crippen molar-refractivity contribution in [3.05, 3.63) is 47.5 Å². The molecule has 2 bridgehead atoms. The van der Waals surface area contributed by atoms with E-state index in [9.17, 15) is 28.2 Å². The number of fused-ring (bicyclic) bond motifs is 2. The van der Waals surface area contributed by atoms with Crippen LogP contribution in [0.1, 0.15) is 56.5 Å². The van der Waals surface area contributed by atoms with Crippen LogP contribution in [0.5, 0.6) is 5.75 Å². The first kappa shape index (κ1) is 41.9. The average Bonchev–Trinajstić information content (AvgIpc) is 3.46. The van der Waals surface area contributed by atoms with Crippen molar-refractivity contribution in [1.29, 1.82) is 0 Å². The van der Waals surface area contributed by atoms with Crippen molar-refractivity contribution in [2.45, 2.75) is 77.4 Å². The number of methoxy groups -OCH3 is 1. The first-order chi connectivity index (χ1) is 25.2. The third-order valence-corrected chi connectivity index (χ3v) is 13.1. The molecule has 14 heteroatoms. The molecule has 4 fully saturated rings. The van der Waals surface area contributed by atoms with Gasteiger partial charge >= 0.3 is 0 Å². The molecule has 4 aliphatic rings. The Morgan fingerprint density at radius 1 is 1.13 bits per heavy atom. The summed E-state index contributed by atoms with van der Waals surface area (Å²) in [5.74, 6) is 0.388. The van der Waals surface area contributed by atoms with Gasteiger partial charge < -0.3 is 35.4 Å². The number of amides is 2. The number of aliphatic hydroxyl groups excluding tert-OH is 2. The Balaban J connectivity index is 1.46. The zero-order valence-corrected chi connectivity index (χ0v) is 34.3. The van der Waals surface area contributed by atoms with Crippen LogP contribution in [-0.2, 0) is 26.0 Å². The molecule has 3 saturated carbocycles. The molecule has 0 radical (unpaired) electrons. The number of hydroxylamine groups is 2. The van der Waals surface area contributed by atoms with Gasteiger partial charge in [-0.25, -0.2) is 8.42 Å². The summed E-state index contributed by atoms with van der Waals surface area (Å²) in [5.41, 5.74) is 3.45. The van der Waals surface area contributed by atoms with Crippen LogP contribution in [0.4, 0.5) is 5.69 Å². The van der Waals surface area contributed by atoms with Crippen LogP contribution in [-0.4, -0.2) is 131 Å². The molecule has 54 heavy (non-hydrogen) atoms. The quantitative estimate of drug-likeness (QED) is 0.211. The molecule has 1 heterocycles. The van der Waals surface area contributed by atoms with Crippen molar-refractivity contribution < 1.29 is 37.8 Å². The average molecular weight is 772 g/mol. The Morgan fingerprint density at radius 3 is 2.39 bits per heavy atom. The van der Waals surface area contributed by atoms with Gasteiger partial charge in [-0.2, -0.15) is 5.06 Å². The van der Waals surface area contributed by atoms with Crippen molar-refractivity contribution in [3.63, 3.8) is 0 Å². The zero-order valence-electron chi connectivity index (χ0n) is 33.5. The molecule has 1 saturated heterocycles. The van der Waals surface area contributed by atoms with Gasteiger partial charge in [0.05, 0.1) is 38.2 Å². The van der Waals surface area contributed by atoms with Crippen LogP contribution in [0.15, 0.2) is 36.4 Å². The van der Waals surface area contributed by atoms with Gasteiger partial charge in [0.25, 0.3) is 5.91 Å². The lowest BCUT2D eigenvalue weighted by atomic mass is 9.45. The number of hydrogen-bond donors (Lipinski definition) is 4. The van der Waals surface area contributed by atoms with E-state index in [0.29, 0.717) is 52.3 Å². The fraction of sp³-hybridized carbons (Fsp3) is 0.650. The van der Waals surface area contributed by atoms with E-state index in [1.807, 2.05) is 62.3 Å². The number of likely N-dealkylation sites (N-methyl/N-ethyl adjacent to an activating group) is 1. The monoisotopic (exact) mass is 771 g/mol. The molecule has 0 aromatic heterocycles. The van der Waals surface area contributed by atoms with E-state index in [-0.39, 0.29) is 36.3 Å². The van der Waals surface area contributed by atoms with Gasteiger partial charge in [0.2, 0.25) is 5.91 Å². The fourth-order valence-corrected chi connectivity index (χ4v) is 10.1. The van der Waals surface area contributed by atoms with E-state index in [1.54, 1.807) is 31.2 Å². The second-order valence-corrected chi connectivity index (χ2v) is 19.1. The molecule has 9 atom stereocenters. The van der Waals surface area contributed by atoms with Crippen LogP contribution in [0.25, 0.3) is 11.1 Å². The van der Waals surface area contributed by atoms with E-state index in [1.165, 1.54) is 6.42 Å². The summed E-state index contributed by atoms with van der Waals surface area (Å²) in [7, 11) is 5.58. The third kappa shape index (κ3) is 8.89. The minimum absolute atomic E-state index is 0.0109.